The summed E-state index contributed by atoms with van der Waals surface area (Å²) in [6, 6.07) is 27.5. The minimum atomic E-state index is -4.64. The molecule has 0 radical (unpaired) electrons. The van der Waals surface area contributed by atoms with Gasteiger partial charge in [-0.25, -0.2) is 0 Å². The van der Waals surface area contributed by atoms with Crippen molar-refractivity contribution in [3.8, 4) is 11.1 Å². The van der Waals surface area contributed by atoms with Crippen molar-refractivity contribution in [2.45, 2.75) is 11.7 Å². The fourth-order valence-electron chi connectivity index (χ4n) is 3.76. The number of Topliss-reactive ketones (excluding diaryl/α,β-unsaturated/α-hetero) is 1. The predicted molar refractivity (Wildman–Crippen MR) is 127 cm³/mol. The Balaban J connectivity index is 1.68. The molecule has 0 saturated heterocycles. The Bertz CT molecular complexity index is 1350. The molecule has 6 heteroatoms. The molecule has 4 aromatic rings. The number of halogens is 1. The lowest BCUT2D eigenvalue weighted by atomic mass is 9.96. The van der Waals surface area contributed by atoms with Gasteiger partial charge in [0.1, 0.15) is 0 Å². The summed E-state index contributed by atoms with van der Waals surface area (Å²) >= 11 is 3.50. The molecule has 4 aromatic carbocycles. The summed E-state index contributed by atoms with van der Waals surface area (Å²) in [5, 5.41) is 0.155. The first-order chi connectivity index (χ1) is 14.8. The second-order valence-electron chi connectivity index (χ2n) is 7.28. The summed E-state index contributed by atoms with van der Waals surface area (Å²) in [5.74, 6) is -0.581. The second-order valence-corrected chi connectivity index (χ2v) is 9.63. The average Bonchev–Trinajstić information content (AvgIpc) is 2.76. The van der Waals surface area contributed by atoms with Crippen molar-refractivity contribution in [2.24, 2.45) is 0 Å². The van der Waals surface area contributed by atoms with Gasteiger partial charge >= 0.3 is 0 Å². The third kappa shape index (κ3) is 4.61. The third-order valence-corrected chi connectivity index (χ3v) is 7.06. The predicted octanol–water partition coefficient (Wildman–Crippen LogP) is 6.01. The maximum absolute atomic E-state index is 13.1. The number of rotatable bonds is 6. The van der Waals surface area contributed by atoms with E-state index < -0.39 is 21.2 Å². The molecule has 0 saturated carbocycles. The Labute approximate surface area is 189 Å². The van der Waals surface area contributed by atoms with Gasteiger partial charge in [-0.1, -0.05) is 101 Å². The van der Waals surface area contributed by atoms with E-state index in [1.165, 1.54) is 0 Å². The van der Waals surface area contributed by atoms with Gasteiger partial charge in [-0.05, 0) is 39.1 Å². The van der Waals surface area contributed by atoms with Gasteiger partial charge in [0.2, 0.25) is 0 Å². The standard InChI is InChI=1S/C25H19BrO4S/c26-23-15-14-20(21-8-4-5-9-22(21)23)16-24(27)25(31(28,29)30)19-12-10-18(11-13-19)17-6-2-1-3-7-17/h1-15,25H,16H2,(H,28,29,30). The number of fused-ring (bicyclic) bond motifs is 1. The number of carbonyl (C=O) groups is 1. The Morgan fingerprint density at radius 2 is 1.35 bits per heavy atom. The van der Waals surface area contributed by atoms with Crippen LogP contribution in [-0.4, -0.2) is 18.8 Å². The molecule has 0 aliphatic carbocycles. The van der Waals surface area contributed by atoms with Crippen LogP contribution < -0.4 is 0 Å². The average molecular weight is 495 g/mol. The van der Waals surface area contributed by atoms with Gasteiger partial charge in [-0.15, -0.1) is 0 Å². The van der Waals surface area contributed by atoms with Crippen LogP contribution in [0.15, 0.2) is 95.5 Å². The summed E-state index contributed by atoms with van der Waals surface area (Å²) in [6.07, 6.45) is -0.112. The zero-order valence-corrected chi connectivity index (χ0v) is 18.8. The van der Waals surface area contributed by atoms with Crippen molar-refractivity contribution >= 4 is 42.6 Å². The lowest BCUT2D eigenvalue weighted by Gasteiger charge is -2.15. The molecular weight excluding hydrogens is 476 g/mol. The molecule has 0 aliphatic rings. The van der Waals surface area contributed by atoms with E-state index in [1.54, 1.807) is 30.3 Å². The lowest BCUT2D eigenvalue weighted by Crippen LogP contribution is -2.23. The van der Waals surface area contributed by atoms with Crippen molar-refractivity contribution in [3.05, 3.63) is 107 Å². The first-order valence-corrected chi connectivity index (χ1v) is 11.9. The second kappa shape index (κ2) is 8.75. The fourth-order valence-corrected chi connectivity index (χ4v) is 5.16. The minimum Gasteiger partial charge on any atom is -0.297 e. The molecule has 0 aromatic heterocycles. The number of hydrogen-bond donors (Lipinski definition) is 1. The zero-order chi connectivity index (χ0) is 22.0. The Morgan fingerprint density at radius 3 is 2.00 bits per heavy atom. The highest BCUT2D eigenvalue weighted by Gasteiger charge is 2.32. The van der Waals surface area contributed by atoms with Crippen LogP contribution in [0, 0.1) is 0 Å². The summed E-state index contributed by atoms with van der Waals surface area (Å²) in [5.41, 5.74) is 2.82. The van der Waals surface area contributed by atoms with Crippen LogP contribution in [0.1, 0.15) is 16.4 Å². The van der Waals surface area contributed by atoms with E-state index in [4.69, 9.17) is 0 Å². The van der Waals surface area contributed by atoms with Crippen LogP contribution in [0.5, 0.6) is 0 Å². The molecule has 1 unspecified atom stereocenters. The molecule has 4 rings (SSSR count). The summed E-state index contributed by atoms with van der Waals surface area (Å²) < 4.78 is 35.1. The Kier molecular flexibility index (Phi) is 6.05. The highest BCUT2D eigenvalue weighted by Crippen LogP contribution is 2.31. The molecule has 0 bridgehead atoms. The van der Waals surface area contributed by atoms with Crippen LogP contribution >= 0.6 is 15.9 Å². The van der Waals surface area contributed by atoms with Gasteiger partial charge in [-0.2, -0.15) is 8.42 Å². The quantitative estimate of drug-likeness (QED) is 0.333. The molecule has 31 heavy (non-hydrogen) atoms. The van der Waals surface area contributed by atoms with E-state index in [-0.39, 0.29) is 12.0 Å². The third-order valence-electron chi connectivity index (χ3n) is 5.24. The van der Waals surface area contributed by atoms with Gasteiger partial charge in [0.05, 0.1) is 0 Å². The van der Waals surface area contributed by atoms with Crippen molar-refractivity contribution in [1.82, 2.24) is 0 Å². The lowest BCUT2D eigenvalue weighted by molar-refractivity contribution is -0.118. The van der Waals surface area contributed by atoms with Crippen LogP contribution in [0.4, 0.5) is 0 Å². The molecule has 0 spiro atoms. The van der Waals surface area contributed by atoms with Crippen molar-refractivity contribution in [1.29, 1.82) is 0 Å². The van der Waals surface area contributed by atoms with E-state index in [2.05, 4.69) is 15.9 Å². The first-order valence-electron chi connectivity index (χ1n) is 9.65. The van der Waals surface area contributed by atoms with Crippen molar-refractivity contribution in [2.75, 3.05) is 0 Å². The SMILES string of the molecule is O=C(Cc1ccc(Br)c2ccccc12)C(c1ccc(-c2ccccc2)cc1)S(=O)(=O)O. The van der Waals surface area contributed by atoms with E-state index in [9.17, 15) is 17.8 Å². The van der Waals surface area contributed by atoms with Crippen molar-refractivity contribution < 1.29 is 17.8 Å². The van der Waals surface area contributed by atoms with Gasteiger partial charge in [0.25, 0.3) is 10.1 Å². The van der Waals surface area contributed by atoms with E-state index in [1.807, 2.05) is 60.7 Å². The minimum absolute atomic E-state index is 0.112. The van der Waals surface area contributed by atoms with Crippen LogP contribution in [0.3, 0.4) is 0 Å². The van der Waals surface area contributed by atoms with Crippen LogP contribution in [0.2, 0.25) is 0 Å². The molecule has 1 N–H and O–H groups in total. The monoisotopic (exact) mass is 494 g/mol. The Morgan fingerprint density at radius 1 is 0.774 bits per heavy atom. The number of benzene rings is 4. The van der Waals surface area contributed by atoms with E-state index in [0.29, 0.717) is 5.56 Å². The topological polar surface area (TPSA) is 71.4 Å². The Hall–Kier alpha value is -2.80. The molecule has 0 amide bonds. The van der Waals surface area contributed by atoms with Crippen LogP contribution in [0.25, 0.3) is 21.9 Å². The molecule has 0 heterocycles. The summed E-state index contributed by atoms with van der Waals surface area (Å²) in [6.45, 7) is 0. The molecule has 1 atom stereocenters. The largest absolute Gasteiger partial charge is 0.297 e. The van der Waals surface area contributed by atoms with Crippen molar-refractivity contribution in [3.63, 3.8) is 0 Å². The van der Waals surface area contributed by atoms with E-state index >= 15 is 0 Å². The maximum atomic E-state index is 13.1. The first kappa shape index (κ1) is 21.4. The highest BCUT2D eigenvalue weighted by molar-refractivity contribution is 9.10. The smallest absolute Gasteiger partial charge is 0.279 e. The fraction of sp³-hybridized carbons (Fsp3) is 0.0800. The number of carbonyl (C=O) groups excluding carboxylic acids is 1. The molecule has 156 valence electrons. The highest BCUT2D eigenvalue weighted by atomic mass is 79.9. The van der Waals surface area contributed by atoms with Gasteiger partial charge in [0.15, 0.2) is 11.0 Å². The molecule has 0 aliphatic heterocycles. The zero-order valence-electron chi connectivity index (χ0n) is 16.4. The number of hydrogen-bond acceptors (Lipinski definition) is 3. The van der Waals surface area contributed by atoms with Crippen LogP contribution in [-0.2, 0) is 21.3 Å². The summed E-state index contributed by atoms with van der Waals surface area (Å²) in [4.78, 5) is 13.1. The molecule has 0 fully saturated rings. The van der Waals surface area contributed by atoms with Gasteiger partial charge in [-0.3, -0.25) is 9.35 Å². The van der Waals surface area contributed by atoms with Gasteiger partial charge in [0, 0.05) is 10.9 Å². The molecular formula is C25H19BrO4S. The maximum Gasteiger partial charge on any atom is 0.279 e. The summed E-state index contributed by atoms with van der Waals surface area (Å²) in [7, 11) is -4.64. The van der Waals surface area contributed by atoms with E-state index in [0.717, 1.165) is 26.4 Å². The normalized spacial score (nSPS) is 12.6. The van der Waals surface area contributed by atoms with Gasteiger partial charge < -0.3 is 0 Å². The molecule has 4 nitrogen and oxygen atoms in total. The number of ketones is 1.